The molecule has 0 saturated heterocycles. The van der Waals surface area contributed by atoms with Gasteiger partial charge in [-0.15, -0.1) is 0 Å². The van der Waals surface area contributed by atoms with E-state index in [1.165, 1.54) is 27.5 Å². The fourth-order valence-electron chi connectivity index (χ4n) is 8.19. The summed E-state index contributed by atoms with van der Waals surface area (Å²) >= 11 is 0. The molecule has 276 valence electrons. The highest BCUT2D eigenvalue weighted by molar-refractivity contribution is 6.12. The van der Waals surface area contributed by atoms with Gasteiger partial charge in [-0.25, -0.2) is 0 Å². The Labute approximate surface area is 339 Å². The smallest absolute Gasteiger partial charge is 0.0708 e. The summed E-state index contributed by atoms with van der Waals surface area (Å²) in [7, 11) is 0. The highest BCUT2D eigenvalue weighted by Gasteiger charge is 2.20. The minimum Gasteiger partial charge on any atom is -0.310 e. The molecule has 0 radical (unpaired) electrons. The first-order valence-electron chi connectivity index (χ1n) is 19.7. The number of benzene rings is 8. The van der Waals surface area contributed by atoms with Crippen LogP contribution in [0.4, 0.5) is 34.1 Å². The Morgan fingerprint density at radius 2 is 0.828 bits per heavy atom. The lowest BCUT2D eigenvalue weighted by Crippen LogP contribution is -2.09. The molecule has 0 aliphatic carbocycles. The van der Waals surface area contributed by atoms with Crippen LogP contribution in [0.25, 0.3) is 49.9 Å². The summed E-state index contributed by atoms with van der Waals surface area (Å²) in [5, 5.41) is 2.34. The van der Waals surface area contributed by atoms with E-state index in [2.05, 4.69) is 240 Å². The van der Waals surface area contributed by atoms with Gasteiger partial charge in [0.05, 0.1) is 16.7 Å². The van der Waals surface area contributed by atoms with Crippen LogP contribution >= 0.6 is 0 Å². The Morgan fingerprint density at radius 1 is 0.379 bits per heavy atom. The maximum atomic E-state index is 4.79. The molecule has 0 N–H and O–H groups in total. The van der Waals surface area contributed by atoms with Crippen LogP contribution in [0.3, 0.4) is 0 Å². The second kappa shape index (κ2) is 15.1. The van der Waals surface area contributed by atoms with Crippen LogP contribution in [0.5, 0.6) is 0 Å². The highest BCUT2D eigenvalue weighted by atomic mass is 15.1. The molecule has 58 heavy (non-hydrogen) atoms. The van der Waals surface area contributed by atoms with Crippen LogP contribution in [0, 0.1) is 6.92 Å². The molecule has 2 heterocycles. The molecule has 0 unspecified atom stereocenters. The lowest BCUT2D eigenvalue weighted by Gasteiger charge is -2.26. The molecule has 4 heteroatoms. The Hall–Kier alpha value is -7.69. The van der Waals surface area contributed by atoms with Crippen LogP contribution < -0.4 is 9.80 Å². The lowest BCUT2D eigenvalue weighted by molar-refractivity contribution is 1.18. The summed E-state index contributed by atoms with van der Waals surface area (Å²) in [6, 6.07) is 77.8. The maximum Gasteiger partial charge on any atom is 0.0708 e. The van der Waals surface area contributed by atoms with Gasteiger partial charge in [-0.05, 0) is 133 Å². The standard InChI is InChI=1S/C54H40N4/c1-39-16-14-15-25-49(39)41-34-35-55-52(36-41)40-26-28-46(29-27-40)58-53-32-30-47(56(42-17-6-2-7-18-42)43-19-8-3-9-20-43)37-50(53)51-38-48(31-33-54(51)58)57(44-21-10-4-11-22-44)45-23-12-5-13-24-45/h2-38H,1H3. The van der Waals surface area contributed by atoms with Crippen LogP contribution in [-0.2, 0) is 0 Å². The highest BCUT2D eigenvalue weighted by Crippen LogP contribution is 2.43. The van der Waals surface area contributed by atoms with Crippen molar-refractivity contribution in [3.05, 3.63) is 230 Å². The van der Waals surface area contributed by atoms with Gasteiger partial charge >= 0.3 is 0 Å². The predicted molar refractivity (Wildman–Crippen MR) is 244 cm³/mol. The predicted octanol–water partition coefficient (Wildman–Crippen LogP) is 14.8. The van der Waals surface area contributed by atoms with Crippen molar-refractivity contribution < 1.29 is 0 Å². The van der Waals surface area contributed by atoms with E-state index < -0.39 is 0 Å². The average molecular weight is 745 g/mol. The van der Waals surface area contributed by atoms with E-state index >= 15 is 0 Å². The molecule has 0 aliphatic rings. The Kier molecular flexibility index (Phi) is 9.05. The van der Waals surface area contributed by atoms with E-state index in [4.69, 9.17) is 4.98 Å². The number of nitrogens with zero attached hydrogens (tertiary/aromatic N) is 4. The molecule has 4 nitrogen and oxygen atoms in total. The van der Waals surface area contributed by atoms with E-state index in [1.807, 2.05) is 6.20 Å². The monoisotopic (exact) mass is 744 g/mol. The molecule has 2 aromatic heterocycles. The van der Waals surface area contributed by atoms with Crippen LogP contribution in [0.2, 0.25) is 0 Å². The Balaban J connectivity index is 1.15. The quantitative estimate of drug-likeness (QED) is 0.147. The van der Waals surface area contributed by atoms with Gasteiger partial charge < -0.3 is 14.4 Å². The van der Waals surface area contributed by atoms with Crippen molar-refractivity contribution in [2.45, 2.75) is 6.92 Å². The summed E-state index contributed by atoms with van der Waals surface area (Å²) in [6.45, 7) is 2.16. The summed E-state index contributed by atoms with van der Waals surface area (Å²) in [5.41, 5.74) is 15.6. The number of anilines is 6. The first-order chi connectivity index (χ1) is 28.7. The van der Waals surface area contributed by atoms with Gasteiger partial charge in [0.1, 0.15) is 0 Å². The molecule has 0 atom stereocenters. The second-order valence-corrected chi connectivity index (χ2v) is 14.5. The number of fused-ring (bicyclic) bond motifs is 3. The average Bonchev–Trinajstić information content (AvgIpc) is 3.61. The zero-order chi connectivity index (χ0) is 38.8. The largest absolute Gasteiger partial charge is 0.310 e. The number of hydrogen-bond acceptors (Lipinski definition) is 3. The van der Waals surface area contributed by atoms with Crippen molar-refractivity contribution in [2.24, 2.45) is 0 Å². The second-order valence-electron chi connectivity index (χ2n) is 14.5. The van der Waals surface area contributed by atoms with Crippen LogP contribution in [-0.4, -0.2) is 9.55 Å². The topological polar surface area (TPSA) is 24.3 Å². The summed E-state index contributed by atoms with van der Waals surface area (Å²) < 4.78 is 2.39. The van der Waals surface area contributed by atoms with E-state index in [9.17, 15) is 0 Å². The SMILES string of the molecule is Cc1ccccc1-c1ccnc(-c2ccc(-n3c4ccc(N(c5ccccc5)c5ccccc5)cc4c4cc(N(c5ccccc5)c5ccccc5)ccc43)cc2)c1. The molecule has 10 rings (SSSR count). The molecule has 0 bridgehead atoms. The molecular weight excluding hydrogens is 705 g/mol. The third kappa shape index (κ3) is 6.47. The molecule has 8 aromatic carbocycles. The molecule has 0 fully saturated rings. The van der Waals surface area contributed by atoms with Gasteiger partial charge in [0.15, 0.2) is 0 Å². The summed E-state index contributed by atoms with van der Waals surface area (Å²) in [4.78, 5) is 9.46. The molecular formula is C54H40N4. The maximum absolute atomic E-state index is 4.79. The van der Waals surface area contributed by atoms with Gasteiger partial charge in [-0.2, -0.15) is 0 Å². The van der Waals surface area contributed by atoms with Crippen molar-refractivity contribution in [1.82, 2.24) is 9.55 Å². The van der Waals surface area contributed by atoms with Crippen LogP contribution in [0.15, 0.2) is 225 Å². The van der Waals surface area contributed by atoms with Gasteiger partial charge in [-0.1, -0.05) is 109 Å². The fourth-order valence-corrected chi connectivity index (χ4v) is 8.19. The number of hydrogen-bond donors (Lipinski definition) is 0. The lowest BCUT2D eigenvalue weighted by atomic mass is 9.99. The molecule has 10 aromatic rings. The fraction of sp³-hybridized carbons (Fsp3) is 0.0185. The van der Waals surface area contributed by atoms with Gasteiger partial charge in [0.25, 0.3) is 0 Å². The number of pyridine rings is 1. The third-order valence-electron chi connectivity index (χ3n) is 10.9. The molecule has 0 amide bonds. The van der Waals surface area contributed by atoms with Gasteiger partial charge in [0.2, 0.25) is 0 Å². The van der Waals surface area contributed by atoms with E-state index in [-0.39, 0.29) is 0 Å². The summed E-state index contributed by atoms with van der Waals surface area (Å²) in [6.07, 6.45) is 1.91. The van der Waals surface area contributed by atoms with Crippen LogP contribution in [0.1, 0.15) is 5.56 Å². The number of para-hydroxylation sites is 4. The Morgan fingerprint density at radius 3 is 1.29 bits per heavy atom. The van der Waals surface area contributed by atoms with Crippen molar-refractivity contribution in [3.8, 4) is 28.1 Å². The zero-order valence-corrected chi connectivity index (χ0v) is 32.2. The van der Waals surface area contributed by atoms with Gasteiger partial charge in [-0.3, -0.25) is 4.98 Å². The molecule has 0 spiro atoms. The van der Waals surface area contributed by atoms with Crippen molar-refractivity contribution >= 4 is 55.9 Å². The number of aryl methyl sites for hydroxylation is 1. The molecule has 0 saturated carbocycles. The minimum atomic E-state index is 0.952. The number of aromatic nitrogens is 2. The van der Waals surface area contributed by atoms with Crippen molar-refractivity contribution in [3.63, 3.8) is 0 Å². The molecule has 0 aliphatic heterocycles. The normalized spacial score (nSPS) is 11.2. The minimum absolute atomic E-state index is 0.952. The van der Waals surface area contributed by atoms with E-state index in [0.717, 1.165) is 62.1 Å². The number of rotatable bonds is 9. The van der Waals surface area contributed by atoms with E-state index in [1.54, 1.807) is 0 Å². The first-order valence-corrected chi connectivity index (χ1v) is 19.7. The Bertz CT molecular complexity index is 2770. The third-order valence-corrected chi connectivity index (χ3v) is 10.9. The first kappa shape index (κ1) is 34.8. The summed E-state index contributed by atoms with van der Waals surface area (Å²) in [5.74, 6) is 0. The van der Waals surface area contributed by atoms with Crippen molar-refractivity contribution in [1.29, 1.82) is 0 Å². The van der Waals surface area contributed by atoms with E-state index in [0.29, 0.717) is 0 Å². The van der Waals surface area contributed by atoms with Crippen molar-refractivity contribution in [2.75, 3.05) is 9.80 Å². The zero-order valence-electron chi connectivity index (χ0n) is 32.2. The van der Waals surface area contributed by atoms with Gasteiger partial charge in [0, 0.05) is 62.3 Å².